The van der Waals surface area contributed by atoms with Crippen molar-refractivity contribution in [1.29, 1.82) is 0 Å². The number of hydrogen-bond donors (Lipinski definition) is 1. The van der Waals surface area contributed by atoms with Crippen LogP contribution in [0.2, 0.25) is 5.02 Å². The maximum absolute atomic E-state index is 10.9. The van der Waals surface area contributed by atoms with Crippen molar-refractivity contribution >= 4 is 17.6 Å². The zero-order valence-electron chi connectivity index (χ0n) is 16.8. The number of aliphatic carboxylic acids is 1. The average Bonchev–Trinajstić information content (AvgIpc) is 2.91. The van der Waals surface area contributed by atoms with Crippen LogP contribution in [0, 0.1) is 0 Å². The molecule has 4 nitrogen and oxygen atoms in total. The van der Waals surface area contributed by atoms with Gasteiger partial charge in [0.05, 0.1) is 0 Å². The normalized spacial score (nSPS) is 14.6. The van der Waals surface area contributed by atoms with E-state index >= 15 is 0 Å². The minimum atomic E-state index is -0.784. The average molecular weight is 403 g/mol. The molecule has 0 bridgehead atoms. The second-order valence-corrected chi connectivity index (χ2v) is 8.73. The Hall–Kier alpha value is -2.20. The lowest BCUT2D eigenvalue weighted by molar-refractivity contribution is -0.136. The molecule has 1 aliphatic rings. The molecule has 0 spiro atoms. The van der Waals surface area contributed by atoms with E-state index in [1.807, 2.05) is 30.3 Å². The highest BCUT2D eigenvalue weighted by Crippen LogP contribution is 2.40. The van der Waals surface area contributed by atoms with E-state index in [1.165, 1.54) is 0 Å². The summed E-state index contributed by atoms with van der Waals surface area (Å²) in [4.78, 5) is 10.9. The van der Waals surface area contributed by atoms with Crippen molar-refractivity contribution in [3.63, 3.8) is 0 Å². The molecule has 0 saturated heterocycles. The predicted molar refractivity (Wildman–Crippen MR) is 111 cm³/mol. The smallest absolute Gasteiger partial charge is 0.303 e. The topological polar surface area (TPSA) is 55.8 Å². The van der Waals surface area contributed by atoms with Gasteiger partial charge in [-0.25, -0.2) is 0 Å². The second kappa shape index (κ2) is 8.04. The summed E-state index contributed by atoms with van der Waals surface area (Å²) in [5, 5.41) is 9.64. The molecule has 5 heteroatoms. The van der Waals surface area contributed by atoms with Crippen molar-refractivity contribution in [2.24, 2.45) is 0 Å². The molecule has 0 atom stereocenters. The maximum atomic E-state index is 10.9. The van der Waals surface area contributed by atoms with Gasteiger partial charge in [-0.1, -0.05) is 31.5 Å². The highest BCUT2D eigenvalue weighted by molar-refractivity contribution is 6.30. The third-order valence-corrected chi connectivity index (χ3v) is 5.16. The van der Waals surface area contributed by atoms with E-state index < -0.39 is 5.97 Å². The quantitative estimate of drug-likeness (QED) is 0.638. The summed E-state index contributed by atoms with van der Waals surface area (Å²) < 4.78 is 12.2. The van der Waals surface area contributed by atoms with Crippen molar-refractivity contribution in [1.82, 2.24) is 0 Å². The number of halogens is 1. The van der Waals surface area contributed by atoms with Gasteiger partial charge in [-0.3, -0.25) is 4.79 Å². The first-order chi connectivity index (χ1) is 13.1. The number of hydrogen-bond acceptors (Lipinski definition) is 3. The number of rotatable bonds is 7. The zero-order chi connectivity index (χ0) is 20.5. The van der Waals surface area contributed by atoms with E-state index in [2.05, 4.69) is 27.7 Å². The molecule has 1 heterocycles. The molecular weight excluding hydrogens is 376 g/mol. The fraction of sp³-hybridized carbons (Fsp3) is 0.435. The summed E-state index contributed by atoms with van der Waals surface area (Å²) in [5.41, 5.74) is 3.99. The Bertz CT molecular complexity index is 886. The SMILES string of the molecule is CC(C)c1cc(OCc2cc(Cl)cc3c2OC(C)(C)C3)ccc1CCC(=O)O. The predicted octanol–water partition coefficient (Wildman–Crippen LogP) is 5.77. The van der Waals surface area contributed by atoms with Crippen LogP contribution in [0.4, 0.5) is 0 Å². The first-order valence-corrected chi connectivity index (χ1v) is 10.00. The van der Waals surface area contributed by atoms with Gasteiger partial charge in [-0.05, 0) is 67.1 Å². The zero-order valence-corrected chi connectivity index (χ0v) is 17.6. The number of carboxylic acid groups (broad SMARTS) is 1. The molecule has 2 aromatic rings. The van der Waals surface area contributed by atoms with Crippen molar-refractivity contribution in [2.75, 3.05) is 0 Å². The van der Waals surface area contributed by atoms with Crippen LogP contribution in [0.25, 0.3) is 0 Å². The molecule has 1 aliphatic heterocycles. The van der Waals surface area contributed by atoms with Crippen LogP contribution in [0.1, 0.15) is 62.3 Å². The summed E-state index contributed by atoms with van der Waals surface area (Å²) in [6.45, 7) is 8.70. The van der Waals surface area contributed by atoms with Crippen molar-refractivity contribution in [3.8, 4) is 11.5 Å². The van der Waals surface area contributed by atoms with Gasteiger partial charge in [0, 0.05) is 23.4 Å². The monoisotopic (exact) mass is 402 g/mol. The highest BCUT2D eigenvalue weighted by Gasteiger charge is 2.32. The van der Waals surface area contributed by atoms with E-state index in [9.17, 15) is 4.79 Å². The van der Waals surface area contributed by atoms with E-state index in [0.717, 1.165) is 40.2 Å². The fourth-order valence-corrected chi connectivity index (χ4v) is 3.95. The van der Waals surface area contributed by atoms with Crippen LogP contribution in [0.3, 0.4) is 0 Å². The Labute approximate surface area is 171 Å². The number of ether oxygens (including phenoxy) is 2. The molecule has 0 aromatic heterocycles. The van der Waals surface area contributed by atoms with Crippen LogP contribution in [-0.4, -0.2) is 16.7 Å². The first kappa shape index (κ1) is 20.5. The van der Waals surface area contributed by atoms with E-state index in [0.29, 0.717) is 18.1 Å². The van der Waals surface area contributed by atoms with E-state index in [4.69, 9.17) is 26.2 Å². The molecule has 2 aromatic carbocycles. The lowest BCUT2D eigenvalue weighted by Gasteiger charge is -2.19. The Balaban J connectivity index is 1.79. The summed E-state index contributed by atoms with van der Waals surface area (Å²) in [7, 11) is 0. The summed E-state index contributed by atoms with van der Waals surface area (Å²) in [6, 6.07) is 9.74. The third-order valence-electron chi connectivity index (χ3n) is 4.94. The van der Waals surface area contributed by atoms with Crippen LogP contribution < -0.4 is 9.47 Å². The molecular formula is C23H27ClO4. The van der Waals surface area contributed by atoms with Gasteiger partial charge in [0.2, 0.25) is 0 Å². The van der Waals surface area contributed by atoms with Crippen molar-refractivity contribution < 1.29 is 19.4 Å². The number of carbonyl (C=O) groups is 1. The number of fused-ring (bicyclic) bond motifs is 1. The Morgan fingerprint density at radius 1 is 1.25 bits per heavy atom. The van der Waals surface area contributed by atoms with Gasteiger partial charge >= 0.3 is 5.97 Å². The molecule has 150 valence electrons. The van der Waals surface area contributed by atoms with Gasteiger partial charge in [0.1, 0.15) is 23.7 Å². The van der Waals surface area contributed by atoms with Crippen LogP contribution >= 0.6 is 11.6 Å². The summed E-state index contributed by atoms with van der Waals surface area (Å²) in [6.07, 6.45) is 1.47. The maximum Gasteiger partial charge on any atom is 0.303 e. The molecule has 28 heavy (non-hydrogen) atoms. The Kier molecular flexibility index (Phi) is 5.90. The molecule has 0 saturated carbocycles. The van der Waals surface area contributed by atoms with Crippen molar-refractivity contribution in [2.45, 2.75) is 65.1 Å². The Morgan fingerprint density at radius 3 is 2.68 bits per heavy atom. The Morgan fingerprint density at radius 2 is 2.00 bits per heavy atom. The van der Waals surface area contributed by atoms with Gasteiger partial charge in [0.15, 0.2) is 0 Å². The van der Waals surface area contributed by atoms with Gasteiger partial charge in [-0.15, -0.1) is 0 Å². The molecule has 0 aliphatic carbocycles. The highest BCUT2D eigenvalue weighted by atomic mass is 35.5. The molecule has 1 N–H and O–H groups in total. The fourth-order valence-electron chi connectivity index (χ4n) is 3.68. The standard InChI is InChI=1S/C23H27ClO4/c1-14(2)20-11-19(7-5-15(20)6-8-21(25)26)27-13-17-10-18(24)9-16-12-23(3,4)28-22(16)17/h5,7,9-11,14H,6,8,12-13H2,1-4H3,(H,25,26). The molecule has 0 fully saturated rings. The summed E-state index contributed by atoms with van der Waals surface area (Å²) >= 11 is 6.29. The minimum Gasteiger partial charge on any atom is -0.489 e. The lowest BCUT2D eigenvalue weighted by atomic mass is 9.94. The molecule has 0 radical (unpaired) electrons. The lowest BCUT2D eigenvalue weighted by Crippen LogP contribution is -2.25. The van der Waals surface area contributed by atoms with E-state index in [1.54, 1.807) is 0 Å². The largest absolute Gasteiger partial charge is 0.489 e. The first-order valence-electron chi connectivity index (χ1n) is 9.62. The summed E-state index contributed by atoms with van der Waals surface area (Å²) in [5.74, 6) is 1.13. The molecule has 3 rings (SSSR count). The second-order valence-electron chi connectivity index (χ2n) is 8.29. The number of benzene rings is 2. The van der Waals surface area contributed by atoms with Gasteiger partial charge < -0.3 is 14.6 Å². The van der Waals surface area contributed by atoms with Crippen molar-refractivity contribution in [3.05, 3.63) is 57.6 Å². The van der Waals surface area contributed by atoms with Crippen LogP contribution in [0.15, 0.2) is 30.3 Å². The van der Waals surface area contributed by atoms with Gasteiger partial charge in [0.25, 0.3) is 0 Å². The van der Waals surface area contributed by atoms with Gasteiger partial charge in [-0.2, -0.15) is 0 Å². The van der Waals surface area contributed by atoms with Crippen LogP contribution in [-0.2, 0) is 24.2 Å². The molecule has 0 amide bonds. The van der Waals surface area contributed by atoms with E-state index in [-0.39, 0.29) is 17.9 Å². The number of aryl methyl sites for hydroxylation is 1. The van der Waals surface area contributed by atoms with Crippen LogP contribution in [0.5, 0.6) is 11.5 Å². The number of carboxylic acids is 1. The minimum absolute atomic E-state index is 0.127. The molecule has 0 unspecified atom stereocenters. The third kappa shape index (κ3) is 4.79.